The van der Waals surface area contributed by atoms with Crippen molar-refractivity contribution in [3.8, 4) is 5.75 Å². The average molecular weight is 341 g/mol. The molecule has 2 aromatic carbocycles. The average Bonchev–Trinajstić information content (AvgIpc) is 2.62. The predicted octanol–water partition coefficient (Wildman–Crippen LogP) is 2.93. The van der Waals surface area contributed by atoms with E-state index in [9.17, 15) is 9.59 Å². The van der Waals surface area contributed by atoms with E-state index in [1.54, 1.807) is 25.3 Å². The summed E-state index contributed by atoms with van der Waals surface area (Å²) in [7, 11) is 1.62. The first-order chi connectivity index (χ1) is 12.0. The van der Waals surface area contributed by atoms with Crippen molar-refractivity contribution in [3.63, 3.8) is 0 Å². The Morgan fingerprint density at radius 2 is 1.84 bits per heavy atom. The van der Waals surface area contributed by atoms with Crippen LogP contribution in [0.4, 0.5) is 0 Å². The van der Waals surface area contributed by atoms with E-state index in [-0.39, 0.29) is 17.4 Å². The molecule has 25 heavy (non-hydrogen) atoms. The highest BCUT2D eigenvalue weighted by Gasteiger charge is 2.13. The van der Waals surface area contributed by atoms with Gasteiger partial charge in [-0.15, -0.1) is 0 Å². The first-order valence-electron chi connectivity index (χ1n) is 8.22. The highest BCUT2D eigenvalue weighted by molar-refractivity contribution is 5.87. The zero-order valence-electron chi connectivity index (χ0n) is 14.5. The SMILES string of the molecule is COc1ccc(CC(C)C(=O)NCCc2cccc(C(=O)O)c2)cc1. The fourth-order valence-corrected chi connectivity index (χ4v) is 2.57. The molecule has 1 unspecified atom stereocenters. The molecule has 5 heteroatoms. The topological polar surface area (TPSA) is 75.6 Å². The van der Waals surface area contributed by atoms with E-state index in [0.717, 1.165) is 16.9 Å². The van der Waals surface area contributed by atoms with E-state index >= 15 is 0 Å². The molecule has 1 amide bonds. The van der Waals surface area contributed by atoms with Crippen LogP contribution in [0.3, 0.4) is 0 Å². The number of carbonyl (C=O) groups is 2. The third-order valence-corrected chi connectivity index (χ3v) is 4.04. The largest absolute Gasteiger partial charge is 0.497 e. The number of carboxylic acids is 1. The lowest BCUT2D eigenvalue weighted by molar-refractivity contribution is -0.124. The van der Waals surface area contributed by atoms with E-state index in [1.165, 1.54) is 0 Å². The third kappa shape index (κ3) is 5.64. The Kier molecular flexibility index (Phi) is 6.57. The normalized spacial score (nSPS) is 11.6. The molecule has 0 heterocycles. The van der Waals surface area contributed by atoms with E-state index in [2.05, 4.69) is 5.32 Å². The Morgan fingerprint density at radius 3 is 2.48 bits per heavy atom. The molecular formula is C20H23NO4. The van der Waals surface area contributed by atoms with Gasteiger partial charge in [0.25, 0.3) is 0 Å². The van der Waals surface area contributed by atoms with Gasteiger partial charge in [0.2, 0.25) is 5.91 Å². The first-order valence-corrected chi connectivity index (χ1v) is 8.22. The summed E-state index contributed by atoms with van der Waals surface area (Å²) in [6.07, 6.45) is 1.26. The van der Waals surface area contributed by atoms with Crippen LogP contribution in [0.2, 0.25) is 0 Å². The van der Waals surface area contributed by atoms with Gasteiger partial charge >= 0.3 is 5.97 Å². The molecular weight excluding hydrogens is 318 g/mol. The number of nitrogens with one attached hydrogen (secondary N) is 1. The zero-order valence-corrected chi connectivity index (χ0v) is 14.5. The van der Waals surface area contributed by atoms with Gasteiger partial charge in [-0.3, -0.25) is 4.79 Å². The summed E-state index contributed by atoms with van der Waals surface area (Å²) in [5, 5.41) is 11.9. The second kappa shape index (κ2) is 8.87. The number of hydrogen-bond acceptors (Lipinski definition) is 3. The van der Waals surface area contributed by atoms with Crippen LogP contribution in [0.5, 0.6) is 5.75 Å². The molecule has 0 spiro atoms. The molecule has 0 fully saturated rings. The lowest BCUT2D eigenvalue weighted by Crippen LogP contribution is -2.31. The second-order valence-corrected chi connectivity index (χ2v) is 6.00. The number of amides is 1. The van der Waals surface area contributed by atoms with Crippen LogP contribution in [-0.2, 0) is 17.6 Å². The summed E-state index contributed by atoms with van der Waals surface area (Å²) in [5.41, 5.74) is 2.23. The van der Waals surface area contributed by atoms with Crippen molar-refractivity contribution in [2.24, 2.45) is 5.92 Å². The van der Waals surface area contributed by atoms with Gasteiger partial charge in [0, 0.05) is 12.5 Å². The fourth-order valence-electron chi connectivity index (χ4n) is 2.57. The molecule has 2 rings (SSSR count). The van der Waals surface area contributed by atoms with Crippen molar-refractivity contribution >= 4 is 11.9 Å². The highest BCUT2D eigenvalue weighted by Crippen LogP contribution is 2.14. The summed E-state index contributed by atoms with van der Waals surface area (Å²) in [4.78, 5) is 23.2. The maximum atomic E-state index is 12.2. The third-order valence-electron chi connectivity index (χ3n) is 4.04. The Hall–Kier alpha value is -2.82. The molecule has 132 valence electrons. The number of carboxylic acid groups (broad SMARTS) is 1. The summed E-state index contributed by atoms with van der Waals surface area (Å²) in [6, 6.07) is 14.5. The molecule has 5 nitrogen and oxygen atoms in total. The van der Waals surface area contributed by atoms with E-state index < -0.39 is 5.97 Å². The molecule has 0 bridgehead atoms. The predicted molar refractivity (Wildman–Crippen MR) is 96.0 cm³/mol. The van der Waals surface area contributed by atoms with Crippen LogP contribution in [0, 0.1) is 5.92 Å². The summed E-state index contributed by atoms with van der Waals surface area (Å²) in [6.45, 7) is 2.37. The molecule has 0 saturated carbocycles. The van der Waals surface area contributed by atoms with E-state index in [4.69, 9.17) is 9.84 Å². The Bertz CT molecular complexity index is 725. The molecule has 0 aliphatic carbocycles. The van der Waals surface area contributed by atoms with Gasteiger partial charge in [0.05, 0.1) is 12.7 Å². The number of carbonyl (C=O) groups excluding carboxylic acids is 1. The minimum absolute atomic E-state index is 0.00907. The van der Waals surface area contributed by atoms with Crippen LogP contribution in [-0.4, -0.2) is 30.6 Å². The van der Waals surface area contributed by atoms with Gasteiger partial charge in [-0.2, -0.15) is 0 Å². The number of benzene rings is 2. The highest BCUT2D eigenvalue weighted by atomic mass is 16.5. The van der Waals surface area contributed by atoms with E-state index in [1.807, 2.05) is 37.3 Å². The van der Waals surface area contributed by atoms with Gasteiger partial charge in [-0.05, 0) is 48.2 Å². The number of methoxy groups -OCH3 is 1. The molecule has 2 N–H and O–H groups in total. The Balaban J connectivity index is 1.80. The van der Waals surface area contributed by atoms with E-state index in [0.29, 0.717) is 19.4 Å². The molecule has 1 atom stereocenters. The maximum Gasteiger partial charge on any atom is 0.335 e. The minimum Gasteiger partial charge on any atom is -0.497 e. The summed E-state index contributed by atoms with van der Waals surface area (Å²) in [5.74, 6) is -0.299. The van der Waals surface area contributed by atoms with Gasteiger partial charge in [-0.1, -0.05) is 31.2 Å². The van der Waals surface area contributed by atoms with Crippen molar-refractivity contribution < 1.29 is 19.4 Å². The van der Waals surface area contributed by atoms with Gasteiger partial charge < -0.3 is 15.2 Å². The zero-order chi connectivity index (χ0) is 18.2. The molecule has 0 saturated heterocycles. The van der Waals surface area contributed by atoms with Crippen molar-refractivity contribution in [2.45, 2.75) is 19.8 Å². The monoisotopic (exact) mass is 341 g/mol. The van der Waals surface area contributed by atoms with Crippen molar-refractivity contribution in [3.05, 3.63) is 65.2 Å². The fraction of sp³-hybridized carbons (Fsp3) is 0.300. The second-order valence-electron chi connectivity index (χ2n) is 6.00. The number of rotatable bonds is 8. The smallest absolute Gasteiger partial charge is 0.335 e. The summed E-state index contributed by atoms with van der Waals surface area (Å²) < 4.78 is 5.12. The van der Waals surface area contributed by atoms with Crippen LogP contribution in [0.25, 0.3) is 0 Å². The molecule has 0 aliphatic rings. The van der Waals surface area contributed by atoms with Gasteiger partial charge in [-0.25, -0.2) is 4.79 Å². The van der Waals surface area contributed by atoms with Gasteiger partial charge in [0.15, 0.2) is 0 Å². The maximum absolute atomic E-state index is 12.2. The standard InChI is InChI=1S/C20H23NO4/c1-14(12-16-6-8-18(25-2)9-7-16)19(22)21-11-10-15-4-3-5-17(13-15)20(23)24/h3-9,13-14H,10-12H2,1-2H3,(H,21,22)(H,23,24). The molecule has 2 aromatic rings. The number of aromatic carboxylic acids is 1. The summed E-state index contributed by atoms with van der Waals surface area (Å²) >= 11 is 0. The molecule has 0 radical (unpaired) electrons. The molecule has 0 aliphatic heterocycles. The molecule has 0 aromatic heterocycles. The van der Waals surface area contributed by atoms with Crippen LogP contribution >= 0.6 is 0 Å². The quantitative estimate of drug-likeness (QED) is 0.774. The van der Waals surface area contributed by atoms with Crippen molar-refractivity contribution in [1.82, 2.24) is 5.32 Å². The van der Waals surface area contributed by atoms with Crippen molar-refractivity contribution in [2.75, 3.05) is 13.7 Å². The van der Waals surface area contributed by atoms with Crippen LogP contribution in [0.1, 0.15) is 28.4 Å². The van der Waals surface area contributed by atoms with Crippen LogP contribution < -0.4 is 10.1 Å². The lowest BCUT2D eigenvalue weighted by Gasteiger charge is -2.13. The number of ether oxygens (including phenoxy) is 1. The Morgan fingerprint density at radius 1 is 1.12 bits per heavy atom. The number of hydrogen-bond donors (Lipinski definition) is 2. The van der Waals surface area contributed by atoms with Gasteiger partial charge in [0.1, 0.15) is 5.75 Å². The van der Waals surface area contributed by atoms with Crippen molar-refractivity contribution in [1.29, 1.82) is 0 Å². The van der Waals surface area contributed by atoms with Crippen LogP contribution in [0.15, 0.2) is 48.5 Å². The lowest BCUT2D eigenvalue weighted by atomic mass is 10.00. The minimum atomic E-state index is -0.945. The first kappa shape index (κ1) is 18.5. The Labute approximate surface area is 147 Å².